The predicted molar refractivity (Wildman–Crippen MR) is 483 cm³/mol. The van der Waals surface area contributed by atoms with E-state index < -0.39 is 0 Å². The van der Waals surface area contributed by atoms with Gasteiger partial charge in [-0.25, -0.2) is 0 Å². The molecule has 105 heavy (non-hydrogen) atoms. The molecule has 0 fully saturated rings. The first-order valence-corrected chi connectivity index (χ1v) is 45.1. The second-order valence-electron chi connectivity index (χ2n) is 27.9. The van der Waals surface area contributed by atoms with Gasteiger partial charge in [0.05, 0.1) is 26.4 Å². The van der Waals surface area contributed by atoms with Crippen molar-refractivity contribution >= 4 is 136 Å². The fourth-order valence-corrected chi connectivity index (χ4v) is 12.0. The summed E-state index contributed by atoms with van der Waals surface area (Å²) in [7, 11) is 0. The van der Waals surface area contributed by atoms with Crippen molar-refractivity contribution in [3.63, 3.8) is 0 Å². The Morgan fingerprint density at radius 2 is 0.324 bits per heavy atom. The molecule has 4 radical (unpaired) electrons. The molecular formula is C90H174O8S5Sn2. The molecule has 620 valence electrons. The van der Waals surface area contributed by atoms with Gasteiger partial charge in [0.25, 0.3) is 0 Å². The molecule has 0 bridgehead atoms. The molecule has 0 spiro atoms. The standard InChI is InChI=1S/4C22H42O2S.2CH4.H2S.2Sn/c4*1-2-3-4-5-6-7-8-9-10-11-12-13-14-15-16-17-18-19-22(23)24-20-21-25;;;;;/h4*9-10,25H,2-8,11-21H2,1H3;2*1H4;1H2;;/q;;;;;;;2*+2/p-4/b4*10-9+;;;;;. The SMILES string of the molecule is C.C.CCCCCCCC/C=C/CCCCCCCCCC(=O)OCC[S-].CCCCCCCC/C=C/CCCCCCCCCC(=O)OCC[S-].CCCCCCCC/C=C/CCCCCCCCCC(=O)OCC[S-].CCCCCCCC/C=C/CCCCCCCCCC(=O)OCC[S-].S.[Sn+2].[Sn+2]. The van der Waals surface area contributed by atoms with Crippen molar-refractivity contribution < 1.29 is 38.1 Å². The second kappa shape index (κ2) is 120. The maximum absolute atomic E-state index is 11.3. The summed E-state index contributed by atoms with van der Waals surface area (Å²) in [5, 5.41) is 0. The monoisotopic (exact) mass is 1780 g/mol. The number of rotatable bonds is 76. The van der Waals surface area contributed by atoms with Crippen LogP contribution in [0.25, 0.3) is 0 Å². The van der Waals surface area contributed by atoms with Crippen LogP contribution in [0.3, 0.4) is 0 Å². The summed E-state index contributed by atoms with van der Waals surface area (Å²) in [6.07, 6.45) is 99.0. The van der Waals surface area contributed by atoms with Crippen LogP contribution in [0.5, 0.6) is 0 Å². The van der Waals surface area contributed by atoms with E-state index in [0.29, 0.717) is 75.1 Å². The number of hydrogen-bond acceptors (Lipinski definition) is 12. The molecule has 0 saturated heterocycles. The summed E-state index contributed by atoms with van der Waals surface area (Å²) in [6.45, 7) is 10.6. The quantitative estimate of drug-likeness (QED) is 0.0145. The van der Waals surface area contributed by atoms with Gasteiger partial charge >= 0.3 is 71.7 Å². The minimum absolute atomic E-state index is 0. The maximum Gasteiger partial charge on any atom is 2.00 e. The molecule has 0 aliphatic rings. The van der Waals surface area contributed by atoms with Gasteiger partial charge in [0.2, 0.25) is 0 Å². The van der Waals surface area contributed by atoms with Crippen LogP contribution >= 0.6 is 13.5 Å². The minimum atomic E-state index is -0.0856. The molecular weight excluding hydrogens is 1610 g/mol. The zero-order chi connectivity index (χ0) is 73.7. The summed E-state index contributed by atoms with van der Waals surface area (Å²) < 4.78 is 19.9. The summed E-state index contributed by atoms with van der Waals surface area (Å²) in [6, 6.07) is 0. The molecule has 0 atom stereocenters. The van der Waals surface area contributed by atoms with E-state index in [-0.39, 0.29) is 100 Å². The van der Waals surface area contributed by atoms with Crippen LogP contribution in [0.2, 0.25) is 0 Å². The molecule has 0 rings (SSSR count). The van der Waals surface area contributed by atoms with E-state index in [1.54, 1.807) is 0 Å². The summed E-state index contributed by atoms with van der Waals surface area (Å²) in [5.41, 5.74) is 0. The third-order valence-corrected chi connectivity index (χ3v) is 18.6. The van der Waals surface area contributed by atoms with E-state index in [2.05, 4.69) is 76.3 Å². The molecule has 0 aromatic rings. The molecule has 0 heterocycles. The molecule has 15 heteroatoms. The second-order valence-corrected chi connectivity index (χ2v) is 29.5. The minimum Gasteiger partial charge on any atom is -0.789 e. The number of hydrogen-bond donors (Lipinski definition) is 0. The Labute approximate surface area is 719 Å². The zero-order valence-electron chi connectivity index (χ0n) is 67.9. The van der Waals surface area contributed by atoms with Gasteiger partial charge in [0, 0.05) is 25.7 Å². The van der Waals surface area contributed by atoms with Gasteiger partial charge in [0.1, 0.15) is 0 Å². The third-order valence-electron chi connectivity index (χ3n) is 18.0. The van der Waals surface area contributed by atoms with Crippen molar-refractivity contribution in [2.75, 3.05) is 49.4 Å². The van der Waals surface area contributed by atoms with E-state index in [1.165, 1.54) is 334 Å². The third kappa shape index (κ3) is 128. The molecule has 0 aliphatic heterocycles. The van der Waals surface area contributed by atoms with Gasteiger partial charge in [-0.15, -0.1) is 23.0 Å². The van der Waals surface area contributed by atoms with E-state index in [9.17, 15) is 19.2 Å². The molecule has 0 N–H and O–H groups in total. The first-order valence-electron chi connectivity index (χ1n) is 42.8. The summed E-state index contributed by atoms with van der Waals surface area (Å²) >= 11 is 19.0. The van der Waals surface area contributed by atoms with Gasteiger partial charge < -0.3 is 69.5 Å². The van der Waals surface area contributed by atoms with Crippen molar-refractivity contribution in [1.29, 1.82) is 0 Å². The van der Waals surface area contributed by atoms with Gasteiger partial charge in [-0.1, -0.05) is 348 Å². The molecule has 0 saturated carbocycles. The van der Waals surface area contributed by atoms with Crippen molar-refractivity contribution in [2.45, 2.75) is 453 Å². The molecule has 0 aliphatic carbocycles. The van der Waals surface area contributed by atoms with Crippen molar-refractivity contribution in [3.05, 3.63) is 48.6 Å². The summed E-state index contributed by atoms with van der Waals surface area (Å²) in [4.78, 5) is 45.1. The van der Waals surface area contributed by atoms with E-state index >= 15 is 0 Å². The Hall–Kier alpha value is 0.187. The van der Waals surface area contributed by atoms with E-state index in [4.69, 9.17) is 69.5 Å². The van der Waals surface area contributed by atoms with Gasteiger partial charge in [-0.05, 0) is 128 Å². The topological polar surface area (TPSA) is 105 Å². The smallest absolute Gasteiger partial charge is 0.789 e. The largest absolute Gasteiger partial charge is 2.00 e. The average Bonchev–Trinajstić information content (AvgIpc) is 3.63. The Kier molecular flexibility index (Phi) is 141. The fraction of sp³-hybridized carbons (Fsp3) is 0.867. The van der Waals surface area contributed by atoms with Crippen LogP contribution in [0.1, 0.15) is 453 Å². The van der Waals surface area contributed by atoms with E-state index in [1.807, 2.05) is 0 Å². The Morgan fingerprint density at radius 3 is 0.448 bits per heavy atom. The molecule has 0 unspecified atom stereocenters. The van der Waals surface area contributed by atoms with Crippen LogP contribution in [0, 0.1) is 0 Å². The Morgan fingerprint density at radius 1 is 0.210 bits per heavy atom. The molecule has 0 aromatic carbocycles. The number of allylic oxidation sites excluding steroid dienone is 8. The van der Waals surface area contributed by atoms with Crippen LogP contribution in [-0.2, 0) is 88.6 Å². The van der Waals surface area contributed by atoms with Crippen molar-refractivity contribution in [1.82, 2.24) is 0 Å². The number of ether oxygens (including phenoxy) is 4. The number of carbonyl (C=O) groups is 4. The molecule has 0 amide bonds. The van der Waals surface area contributed by atoms with Crippen LogP contribution < -0.4 is 0 Å². The summed E-state index contributed by atoms with van der Waals surface area (Å²) in [5.74, 6) is 1.66. The maximum atomic E-state index is 11.3. The number of unbranched alkanes of at least 4 members (excludes halogenated alkanes) is 52. The van der Waals surface area contributed by atoms with Crippen molar-refractivity contribution in [3.8, 4) is 0 Å². The molecule has 8 nitrogen and oxygen atoms in total. The van der Waals surface area contributed by atoms with Gasteiger partial charge in [-0.3, -0.25) is 19.2 Å². The first kappa shape index (κ1) is 123. The Balaban J connectivity index is -0.000000165. The first-order chi connectivity index (χ1) is 49.2. The fourth-order valence-electron chi connectivity index (χ4n) is 11.7. The average molecular weight is 1780 g/mol. The van der Waals surface area contributed by atoms with Gasteiger partial charge in [-0.2, -0.15) is 13.5 Å². The van der Waals surface area contributed by atoms with Crippen LogP contribution in [0.4, 0.5) is 0 Å². The van der Waals surface area contributed by atoms with E-state index in [0.717, 1.165) is 51.4 Å². The number of carbonyl (C=O) groups excluding carboxylic acids is 4. The zero-order valence-corrected chi connectivity index (χ0v) is 77.9. The van der Waals surface area contributed by atoms with Crippen molar-refractivity contribution in [2.24, 2.45) is 0 Å². The van der Waals surface area contributed by atoms with Gasteiger partial charge in [0.15, 0.2) is 0 Å². The number of esters is 4. The van der Waals surface area contributed by atoms with Crippen LogP contribution in [-0.4, -0.2) is 121 Å². The van der Waals surface area contributed by atoms with Crippen LogP contribution in [0.15, 0.2) is 48.6 Å². The normalized spacial score (nSPS) is 10.7. The Bertz CT molecular complexity index is 1470. The molecule has 0 aromatic heterocycles. The predicted octanol–water partition coefficient (Wildman–Crippen LogP) is 28.2.